The average molecular weight is 283 g/mol. The Hall–Kier alpha value is -0.290. The number of carbonyl (C=O) groups is 1. The molecule has 11 heavy (non-hydrogen) atoms. The van der Waals surface area contributed by atoms with Crippen LogP contribution in [0.2, 0.25) is 0 Å². The molecule has 0 bridgehead atoms. The van der Waals surface area contributed by atoms with Gasteiger partial charge in [0.2, 0.25) is 5.91 Å². The number of halogens is 2. The number of benzene rings is 1. The van der Waals surface area contributed by atoms with E-state index >= 15 is 0 Å². The monoisotopic (exact) mass is 283 g/mol. The van der Waals surface area contributed by atoms with Crippen LogP contribution >= 0.6 is 35.0 Å². The maximum Gasteiger partial charge on any atom is 0.248 e. The number of hydrogen-bond acceptors (Lipinski definition) is 1. The van der Waals surface area contributed by atoms with Crippen LogP contribution in [0.4, 0.5) is 0 Å². The van der Waals surface area contributed by atoms with Gasteiger partial charge < -0.3 is 5.73 Å². The Kier molecular flexibility index (Phi) is 4.44. The van der Waals surface area contributed by atoms with Gasteiger partial charge in [0.15, 0.2) is 0 Å². The molecule has 0 saturated heterocycles. The fraction of sp³-hybridized carbons (Fsp3) is 0. The SMILES string of the molecule is Cl.NC(=O)c1cccc(I)c1. The molecule has 1 amide bonds. The van der Waals surface area contributed by atoms with Crippen molar-refractivity contribution in [2.45, 2.75) is 0 Å². The van der Waals surface area contributed by atoms with Crippen molar-refractivity contribution in [1.82, 2.24) is 0 Å². The minimum absolute atomic E-state index is 0. The van der Waals surface area contributed by atoms with Crippen LogP contribution in [0, 0.1) is 3.57 Å². The molecule has 0 aliphatic rings. The van der Waals surface area contributed by atoms with Crippen LogP contribution in [0.1, 0.15) is 10.4 Å². The fourth-order valence-electron chi connectivity index (χ4n) is 0.642. The fourth-order valence-corrected chi connectivity index (χ4v) is 1.18. The van der Waals surface area contributed by atoms with E-state index in [-0.39, 0.29) is 18.3 Å². The van der Waals surface area contributed by atoms with Crippen LogP contribution in [0.3, 0.4) is 0 Å². The Morgan fingerprint density at radius 3 is 2.45 bits per heavy atom. The second-order valence-electron chi connectivity index (χ2n) is 1.87. The van der Waals surface area contributed by atoms with Crippen LogP contribution in [0.25, 0.3) is 0 Å². The van der Waals surface area contributed by atoms with Gasteiger partial charge in [-0.2, -0.15) is 0 Å². The van der Waals surface area contributed by atoms with E-state index in [0.29, 0.717) is 5.56 Å². The molecular weight excluding hydrogens is 276 g/mol. The molecule has 60 valence electrons. The molecule has 1 aromatic rings. The van der Waals surface area contributed by atoms with E-state index in [9.17, 15) is 4.79 Å². The lowest BCUT2D eigenvalue weighted by Gasteiger charge is -1.93. The summed E-state index contributed by atoms with van der Waals surface area (Å²) >= 11 is 2.13. The number of carbonyl (C=O) groups excluding carboxylic acids is 1. The normalized spacial score (nSPS) is 8.45. The molecule has 2 nitrogen and oxygen atoms in total. The zero-order chi connectivity index (χ0) is 7.56. The minimum Gasteiger partial charge on any atom is -0.366 e. The highest BCUT2D eigenvalue weighted by atomic mass is 127. The van der Waals surface area contributed by atoms with E-state index in [0.717, 1.165) is 3.57 Å². The molecule has 4 heteroatoms. The molecule has 0 heterocycles. The van der Waals surface area contributed by atoms with Gasteiger partial charge >= 0.3 is 0 Å². The van der Waals surface area contributed by atoms with Gasteiger partial charge in [0.25, 0.3) is 0 Å². The lowest BCUT2D eigenvalue weighted by atomic mass is 10.2. The van der Waals surface area contributed by atoms with Crippen molar-refractivity contribution >= 4 is 40.9 Å². The Balaban J connectivity index is 0.000001000. The second kappa shape index (κ2) is 4.56. The maximum atomic E-state index is 10.6. The van der Waals surface area contributed by atoms with Gasteiger partial charge in [-0.1, -0.05) is 6.07 Å². The third kappa shape index (κ3) is 3.07. The standard InChI is InChI=1S/C7H6INO.ClH/c8-6-3-1-2-5(4-6)7(9)10;/h1-4H,(H2,9,10);1H. The van der Waals surface area contributed by atoms with Crippen molar-refractivity contribution in [3.63, 3.8) is 0 Å². The molecule has 0 aliphatic heterocycles. The summed E-state index contributed by atoms with van der Waals surface area (Å²) in [5.74, 6) is -0.376. The molecule has 0 aromatic heterocycles. The smallest absolute Gasteiger partial charge is 0.248 e. The van der Waals surface area contributed by atoms with E-state index in [1.165, 1.54) is 0 Å². The molecule has 0 saturated carbocycles. The van der Waals surface area contributed by atoms with E-state index in [1.807, 2.05) is 12.1 Å². The summed E-state index contributed by atoms with van der Waals surface area (Å²) in [4.78, 5) is 10.6. The molecule has 0 aliphatic carbocycles. The van der Waals surface area contributed by atoms with Gasteiger partial charge in [0.05, 0.1) is 0 Å². The molecule has 0 atom stereocenters. The van der Waals surface area contributed by atoms with E-state index in [1.54, 1.807) is 12.1 Å². The summed E-state index contributed by atoms with van der Waals surface area (Å²) in [7, 11) is 0. The van der Waals surface area contributed by atoms with Crippen LogP contribution in [-0.2, 0) is 0 Å². The molecular formula is C7H7ClINO. The topological polar surface area (TPSA) is 43.1 Å². The highest BCUT2D eigenvalue weighted by Crippen LogP contribution is 2.06. The quantitative estimate of drug-likeness (QED) is 0.785. The van der Waals surface area contributed by atoms with Gasteiger partial charge in [0, 0.05) is 9.13 Å². The van der Waals surface area contributed by atoms with Crippen molar-refractivity contribution in [1.29, 1.82) is 0 Å². The summed E-state index contributed by atoms with van der Waals surface area (Å²) in [5.41, 5.74) is 5.60. The molecule has 0 spiro atoms. The third-order valence-corrected chi connectivity index (χ3v) is 1.78. The number of primary amides is 1. The second-order valence-corrected chi connectivity index (χ2v) is 3.12. The van der Waals surface area contributed by atoms with Crippen LogP contribution in [0.5, 0.6) is 0 Å². The average Bonchev–Trinajstić information content (AvgIpc) is 1.88. The number of hydrogen-bond donors (Lipinski definition) is 1. The summed E-state index contributed by atoms with van der Waals surface area (Å²) in [6, 6.07) is 7.17. The lowest BCUT2D eigenvalue weighted by molar-refractivity contribution is 0.100. The van der Waals surface area contributed by atoms with Gasteiger partial charge in [-0.05, 0) is 40.8 Å². The summed E-state index contributed by atoms with van der Waals surface area (Å²) in [6.07, 6.45) is 0. The number of amides is 1. The Morgan fingerprint density at radius 1 is 1.45 bits per heavy atom. The summed E-state index contributed by atoms with van der Waals surface area (Å²) in [5, 5.41) is 0. The Morgan fingerprint density at radius 2 is 2.09 bits per heavy atom. The highest BCUT2D eigenvalue weighted by molar-refractivity contribution is 14.1. The molecule has 1 aromatic carbocycles. The van der Waals surface area contributed by atoms with E-state index in [4.69, 9.17) is 5.73 Å². The van der Waals surface area contributed by atoms with Gasteiger partial charge in [-0.25, -0.2) is 0 Å². The van der Waals surface area contributed by atoms with Crippen LogP contribution < -0.4 is 5.73 Å². The molecule has 0 unspecified atom stereocenters. The van der Waals surface area contributed by atoms with Crippen LogP contribution in [0.15, 0.2) is 24.3 Å². The lowest BCUT2D eigenvalue weighted by Crippen LogP contribution is -2.10. The number of nitrogens with two attached hydrogens (primary N) is 1. The van der Waals surface area contributed by atoms with Gasteiger partial charge in [-0.3, -0.25) is 4.79 Å². The first kappa shape index (κ1) is 10.7. The van der Waals surface area contributed by atoms with E-state index < -0.39 is 0 Å². The third-order valence-electron chi connectivity index (χ3n) is 1.11. The first-order valence-electron chi connectivity index (χ1n) is 2.75. The zero-order valence-corrected chi connectivity index (χ0v) is 8.56. The minimum atomic E-state index is -0.376. The number of rotatable bonds is 1. The molecule has 2 N–H and O–H groups in total. The Bertz CT molecular complexity index is 264. The molecule has 0 radical (unpaired) electrons. The zero-order valence-electron chi connectivity index (χ0n) is 5.58. The first-order chi connectivity index (χ1) is 4.70. The largest absolute Gasteiger partial charge is 0.366 e. The molecule has 1 rings (SSSR count). The first-order valence-corrected chi connectivity index (χ1v) is 3.83. The van der Waals surface area contributed by atoms with Gasteiger partial charge in [-0.15, -0.1) is 12.4 Å². The van der Waals surface area contributed by atoms with Crippen LogP contribution in [-0.4, -0.2) is 5.91 Å². The van der Waals surface area contributed by atoms with Crippen molar-refractivity contribution in [3.05, 3.63) is 33.4 Å². The van der Waals surface area contributed by atoms with Crippen molar-refractivity contribution in [2.24, 2.45) is 5.73 Å². The van der Waals surface area contributed by atoms with Crippen molar-refractivity contribution in [2.75, 3.05) is 0 Å². The predicted molar refractivity (Wildman–Crippen MR) is 54.9 cm³/mol. The summed E-state index contributed by atoms with van der Waals surface area (Å²) < 4.78 is 1.02. The van der Waals surface area contributed by atoms with Gasteiger partial charge in [0.1, 0.15) is 0 Å². The summed E-state index contributed by atoms with van der Waals surface area (Å²) in [6.45, 7) is 0. The highest BCUT2D eigenvalue weighted by Gasteiger charge is 1.97. The Labute approximate surface area is 84.7 Å². The maximum absolute atomic E-state index is 10.6. The van der Waals surface area contributed by atoms with Crippen molar-refractivity contribution < 1.29 is 4.79 Å². The predicted octanol–water partition coefficient (Wildman–Crippen LogP) is 1.81. The van der Waals surface area contributed by atoms with E-state index in [2.05, 4.69) is 22.6 Å². The van der Waals surface area contributed by atoms with Crippen molar-refractivity contribution in [3.8, 4) is 0 Å². The molecule has 0 fully saturated rings.